The second kappa shape index (κ2) is 9.49. The lowest BCUT2D eigenvalue weighted by Gasteiger charge is -2.32. The smallest absolute Gasteiger partial charge is 0.370 e. The molecule has 10 heteroatoms. The lowest BCUT2D eigenvalue weighted by molar-refractivity contribution is -0.192. The van der Waals surface area contributed by atoms with E-state index < -0.39 is 23.3 Å². The molecule has 0 bridgehead atoms. The molecule has 1 N–H and O–H groups in total. The largest absolute Gasteiger partial charge is 0.403 e. The molecule has 0 unspecified atom stereocenters. The molecule has 0 radical (unpaired) electrons. The van der Waals surface area contributed by atoms with Crippen LogP contribution in [0.3, 0.4) is 0 Å². The van der Waals surface area contributed by atoms with Crippen molar-refractivity contribution in [3.8, 4) is 0 Å². The van der Waals surface area contributed by atoms with Gasteiger partial charge in [0.05, 0.1) is 21.7 Å². The molecule has 2 aliphatic rings. The molecular formula is C27H29ClF4N4O. The highest BCUT2D eigenvalue weighted by Crippen LogP contribution is 2.57. The van der Waals surface area contributed by atoms with E-state index in [9.17, 15) is 22.4 Å². The highest BCUT2D eigenvalue weighted by molar-refractivity contribution is 6.34. The summed E-state index contributed by atoms with van der Waals surface area (Å²) in [6, 6.07) is 8.16. The van der Waals surface area contributed by atoms with Gasteiger partial charge < -0.3 is 14.8 Å². The maximum atomic E-state index is 14.7. The lowest BCUT2D eigenvalue weighted by Crippen LogP contribution is -2.40. The molecule has 1 amide bonds. The number of nitrogens with zero attached hydrogens (tertiary/aromatic N) is 3. The molecule has 198 valence electrons. The van der Waals surface area contributed by atoms with E-state index in [1.807, 2.05) is 23.7 Å². The van der Waals surface area contributed by atoms with Gasteiger partial charge in [0, 0.05) is 33.1 Å². The minimum atomic E-state index is -4.57. The number of aryl methyl sites for hydroxylation is 1. The van der Waals surface area contributed by atoms with E-state index in [-0.39, 0.29) is 25.8 Å². The van der Waals surface area contributed by atoms with Gasteiger partial charge in [-0.05, 0) is 60.9 Å². The summed E-state index contributed by atoms with van der Waals surface area (Å²) >= 11 is 6.61. The Labute approximate surface area is 217 Å². The number of alkyl halides is 3. The predicted molar refractivity (Wildman–Crippen MR) is 135 cm³/mol. The molecule has 1 saturated carbocycles. The zero-order valence-electron chi connectivity index (χ0n) is 20.8. The Balaban J connectivity index is 1.34. The molecule has 1 saturated heterocycles. The van der Waals surface area contributed by atoms with Gasteiger partial charge in [0.25, 0.3) is 0 Å². The van der Waals surface area contributed by atoms with E-state index in [0.29, 0.717) is 33.4 Å². The Hall–Kier alpha value is -2.81. The number of rotatable bonds is 6. The summed E-state index contributed by atoms with van der Waals surface area (Å²) in [5.74, 6) is -0.153. The van der Waals surface area contributed by atoms with Crippen molar-refractivity contribution in [1.29, 1.82) is 0 Å². The van der Waals surface area contributed by atoms with E-state index >= 15 is 0 Å². The number of carbonyl (C=O) groups is 1. The van der Waals surface area contributed by atoms with Crippen molar-refractivity contribution in [2.75, 3.05) is 18.0 Å². The van der Waals surface area contributed by atoms with Gasteiger partial charge in [-0.1, -0.05) is 30.7 Å². The Morgan fingerprint density at radius 2 is 1.89 bits per heavy atom. The van der Waals surface area contributed by atoms with Gasteiger partial charge >= 0.3 is 6.18 Å². The molecule has 3 aromatic rings. The number of anilines is 1. The van der Waals surface area contributed by atoms with Crippen LogP contribution >= 0.6 is 11.6 Å². The van der Waals surface area contributed by atoms with Crippen molar-refractivity contribution < 1.29 is 22.4 Å². The van der Waals surface area contributed by atoms with Crippen LogP contribution in [-0.2, 0) is 24.8 Å². The predicted octanol–water partition coefficient (Wildman–Crippen LogP) is 6.15. The number of hydrogen-bond acceptors (Lipinski definition) is 3. The van der Waals surface area contributed by atoms with E-state index in [1.165, 1.54) is 12.1 Å². The summed E-state index contributed by atoms with van der Waals surface area (Å²) in [7, 11) is 1.87. The second-order valence-electron chi connectivity index (χ2n) is 10.4. The summed E-state index contributed by atoms with van der Waals surface area (Å²) < 4.78 is 56.2. The quantitative estimate of drug-likeness (QED) is 0.384. The zero-order chi connectivity index (χ0) is 26.5. The van der Waals surface area contributed by atoms with Gasteiger partial charge in [-0.15, -0.1) is 0 Å². The van der Waals surface area contributed by atoms with Crippen molar-refractivity contribution in [2.45, 2.75) is 51.7 Å². The topological polar surface area (TPSA) is 50.2 Å². The van der Waals surface area contributed by atoms with Crippen LogP contribution in [0.25, 0.3) is 11.0 Å². The summed E-state index contributed by atoms with van der Waals surface area (Å²) in [6.45, 7) is 4.02. The van der Waals surface area contributed by atoms with Crippen LogP contribution in [0.2, 0.25) is 5.02 Å². The van der Waals surface area contributed by atoms with Gasteiger partial charge in [-0.2, -0.15) is 13.2 Å². The van der Waals surface area contributed by atoms with Crippen molar-refractivity contribution in [3.63, 3.8) is 0 Å². The Bertz CT molecular complexity index is 1340. The van der Waals surface area contributed by atoms with Crippen LogP contribution in [0.4, 0.5) is 23.2 Å². The SMILES string of the molecule is CC1CCN(c2cc3c(cc2Cl)nc(Cc2cc(CNC(=O)C4(C(F)(F)F)CC4)ccc2F)n3C)CC1. The average Bonchev–Trinajstić information content (AvgIpc) is 3.62. The van der Waals surface area contributed by atoms with Crippen LogP contribution < -0.4 is 10.2 Å². The number of halogens is 5. The van der Waals surface area contributed by atoms with E-state index in [0.717, 1.165) is 37.1 Å². The lowest BCUT2D eigenvalue weighted by atomic mass is 9.99. The fourth-order valence-corrected chi connectivity index (χ4v) is 5.34. The van der Waals surface area contributed by atoms with Crippen molar-refractivity contribution >= 4 is 34.2 Å². The number of benzene rings is 2. The standard InChI is InChI=1S/C27H29ClF4N4O/c1-16-5-9-36(10-6-16)22-14-23-21(13-19(22)28)34-24(35(23)2)12-18-11-17(3-4-20(18)29)15-33-25(37)26(7-8-26)27(30,31)32/h3-4,11,13-14,16H,5-10,12,15H2,1-2H3,(H,33,37). The van der Waals surface area contributed by atoms with E-state index in [1.54, 1.807) is 6.07 Å². The average molecular weight is 537 g/mol. The summed E-state index contributed by atoms with van der Waals surface area (Å²) in [5.41, 5.74) is 1.15. The second-order valence-corrected chi connectivity index (χ2v) is 10.8. The third-order valence-corrected chi connectivity index (χ3v) is 8.11. The maximum absolute atomic E-state index is 14.7. The molecule has 1 aromatic heterocycles. The number of fused-ring (bicyclic) bond motifs is 1. The van der Waals surface area contributed by atoms with Gasteiger partial charge in [-0.3, -0.25) is 4.79 Å². The first-order valence-corrected chi connectivity index (χ1v) is 12.9. The number of nitrogens with one attached hydrogen (secondary N) is 1. The van der Waals surface area contributed by atoms with Gasteiger partial charge in [-0.25, -0.2) is 9.37 Å². The molecule has 5 nitrogen and oxygen atoms in total. The molecule has 1 aliphatic carbocycles. The van der Waals surface area contributed by atoms with Crippen LogP contribution in [0.1, 0.15) is 49.6 Å². The number of amides is 1. The molecule has 0 spiro atoms. The van der Waals surface area contributed by atoms with Crippen LogP contribution in [0.15, 0.2) is 30.3 Å². The van der Waals surface area contributed by atoms with E-state index in [2.05, 4.69) is 22.1 Å². The third-order valence-electron chi connectivity index (χ3n) is 7.81. The molecule has 5 rings (SSSR count). The zero-order valence-corrected chi connectivity index (χ0v) is 21.5. The normalized spacial score (nSPS) is 17.9. The fraction of sp³-hybridized carbons (Fsp3) is 0.481. The highest BCUT2D eigenvalue weighted by Gasteiger charge is 2.68. The number of imidazole rings is 1. The number of piperidine rings is 1. The molecule has 37 heavy (non-hydrogen) atoms. The van der Waals surface area contributed by atoms with Gasteiger partial charge in [0.15, 0.2) is 0 Å². The van der Waals surface area contributed by atoms with Crippen LogP contribution in [-0.4, -0.2) is 34.7 Å². The first-order chi connectivity index (χ1) is 17.5. The summed E-state index contributed by atoms with van der Waals surface area (Å²) in [5, 5.41) is 3.00. The summed E-state index contributed by atoms with van der Waals surface area (Å²) in [4.78, 5) is 19.2. The Morgan fingerprint density at radius 1 is 1.19 bits per heavy atom. The van der Waals surface area contributed by atoms with Crippen LogP contribution in [0, 0.1) is 17.2 Å². The van der Waals surface area contributed by atoms with Gasteiger partial charge in [0.2, 0.25) is 5.91 Å². The molecular weight excluding hydrogens is 508 g/mol. The maximum Gasteiger partial charge on any atom is 0.403 e. The first-order valence-electron chi connectivity index (χ1n) is 12.5. The van der Waals surface area contributed by atoms with Crippen molar-refractivity contribution in [1.82, 2.24) is 14.9 Å². The van der Waals surface area contributed by atoms with Crippen molar-refractivity contribution in [2.24, 2.45) is 18.4 Å². The summed E-state index contributed by atoms with van der Waals surface area (Å²) in [6.07, 6.45) is -2.57. The molecule has 1 aliphatic heterocycles. The minimum Gasteiger partial charge on any atom is -0.370 e. The monoisotopic (exact) mass is 536 g/mol. The van der Waals surface area contributed by atoms with E-state index in [4.69, 9.17) is 11.6 Å². The first kappa shape index (κ1) is 25.8. The van der Waals surface area contributed by atoms with Gasteiger partial charge in [0.1, 0.15) is 17.1 Å². The number of aromatic nitrogens is 2. The fourth-order valence-electron chi connectivity index (χ4n) is 5.06. The minimum absolute atomic E-state index is 0.111. The molecule has 2 aromatic carbocycles. The molecule has 2 fully saturated rings. The van der Waals surface area contributed by atoms with Crippen molar-refractivity contribution in [3.05, 3.63) is 58.1 Å². The Morgan fingerprint density at radius 3 is 2.54 bits per heavy atom. The molecule has 2 heterocycles. The van der Waals surface area contributed by atoms with Crippen LogP contribution in [0.5, 0.6) is 0 Å². The highest BCUT2D eigenvalue weighted by atomic mass is 35.5. The third kappa shape index (κ3) is 4.90. The molecule has 0 atom stereocenters. The Kier molecular flexibility index (Phi) is 6.63. The number of carbonyl (C=O) groups excluding carboxylic acids is 1. The number of hydrogen-bond donors (Lipinski definition) is 1.